The highest BCUT2D eigenvalue weighted by Crippen LogP contribution is 2.28. The predicted molar refractivity (Wildman–Crippen MR) is 116 cm³/mol. The van der Waals surface area contributed by atoms with E-state index < -0.39 is 0 Å². The number of rotatable bonds is 11. The van der Waals surface area contributed by atoms with Gasteiger partial charge in [0.05, 0.1) is 0 Å². The first-order chi connectivity index (χ1) is 13.0. The van der Waals surface area contributed by atoms with Gasteiger partial charge in [-0.1, -0.05) is 54.7 Å². The summed E-state index contributed by atoms with van der Waals surface area (Å²) in [6.45, 7) is 9.62. The minimum atomic E-state index is 0.315. The van der Waals surface area contributed by atoms with Crippen LogP contribution >= 0.6 is 34.8 Å². The Bertz CT molecular complexity index is 700. The topological polar surface area (TPSA) is 24.5 Å². The third kappa shape index (κ3) is 7.17. The molecule has 3 nitrogen and oxygen atoms in total. The Morgan fingerprint density at radius 1 is 1.00 bits per heavy atom. The van der Waals surface area contributed by atoms with Crippen LogP contribution in [0.5, 0.6) is 5.75 Å². The molecule has 0 amide bonds. The van der Waals surface area contributed by atoms with Crippen LogP contribution in [0.2, 0.25) is 15.1 Å². The number of hydrogen-bond acceptors (Lipinski definition) is 3. The van der Waals surface area contributed by atoms with Gasteiger partial charge in [0, 0.05) is 32.7 Å². The Labute approximate surface area is 177 Å². The first-order valence-electron chi connectivity index (χ1n) is 9.32. The molecule has 0 spiro atoms. The largest absolute Gasteiger partial charge is 0.488 e. The summed E-state index contributed by atoms with van der Waals surface area (Å²) in [4.78, 5) is 2.42. The van der Waals surface area contributed by atoms with Gasteiger partial charge in [-0.2, -0.15) is 0 Å². The van der Waals surface area contributed by atoms with Crippen LogP contribution in [0.3, 0.4) is 0 Å². The van der Waals surface area contributed by atoms with Crippen LogP contribution in [-0.2, 0) is 13.2 Å². The van der Waals surface area contributed by atoms with E-state index in [9.17, 15) is 0 Å². The first kappa shape index (κ1) is 22.3. The van der Waals surface area contributed by atoms with E-state index in [4.69, 9.17) is 39.5 Å². The van der Waals surface area contributed by atoms with Gasteiger partial charge in [-0.3, -0.25) is 0 Å². The molecule has 0 atom stereocenters. The number of halogens is 3. The fourth-order valence-electron chi connectivity index (χ4n) is 2.84. The molecule has 2 aromatic carbocycles. The first-order valence-corrected chi connectivity index (χ1v) is 10.5. The van der Waals surface area contributed by atoms with E-state index in [0.29, 0.717) is 28.2 Å². The minimum Gasteiger partial charge on any atom is -0.488 e. The smallest absolute Gasteiger partial charge is 0.124 e. The molecule has 0 heterocycles. The maximum atomic E-state index is 6.23. The lowest BCUT2D eigenvalue weighted by Crippen LogP contribution is -2.27. The van der Waals surface area contributed by atoms with Crippen LogP contribution in [0.25, 0.3) is 0 Å². The van der Waals surface area contributed by atoms with E-state index in [1.54, 1.807) is 0 Å². The van der Waals surface area contributed by atoms with Gasteiger partial charge >= 0.3 is 0 Å². The predicted octanol–water partition coefficient (Wildman–Crippen LogP) is 6.05. The summed E-state index contributed by atoms with van der Waals surface area (Å²) in [5.41, 5.74) is 1.81. The molecular weight excluding hydrogens is 403 g/mol. The van der Waals surface area contributed by atoms with Crippen molar-refractivity contribution < 1.29 is 4.74 Å². The van der Waals surface area contributed by atoms with Crippen molar-refractivity contribution >= 4 is 34.8 Å². The molecule has 0 saturated carbocycles. The normalized spacial score (nSPS) is 11.2. The number of nitrogens with zero attached hydrogens (tertiary/aromatic N) is 1. The minimum absolute atomic E-state index is 0.315. The molecule has 0 aliphatic heterocycles. The van der Waals surface area contributed by atoms with Crippen molar-refractivity contribution in [3.05, 3.63) is 62.6 Å². The van der Waals surface area contributed by atoms with E-state index in [-0.39, 0.29) is 0 Å². The van der Waals surface area contributed by atoms with Gasteiger partial charge in [0.15, 0.2) is 0 Å². The van der Waals surface area contributed by atoms with Crippen molar-refractivity contribution in [2.24, 2.45) is 0 Å². The Balaban J connectivity index is 1.92. The Morgan fingerprint density at radius 3 is 2.37 bits per heavy atom. The molecule has 0 unspecified atom stereocenters. The molecule has 2 rings (SSSR count). The molecule has 27 heavy (non-hydrogen) atoms. The molecule has 0 fully saturated rings. The zero-order valence-electron chi connectivity index (χ0n) is 15.9. The fraction of sp³-hybridized carbons (Fsp3) is 0.429. The Hall–Kier alpha value is -0.970. The highest BCUT2D eigenvalue weighted by molar-refractivity contribution is 6.36. The second-order valence-corrected chi connectivity index (χ2v) is 7.55. The van der Waals surface area contributed by atoms with E-state index in [0.717, 1.165) is 49.5 Å². The maximum Gasteiger partial charge on any atom is 0.124 e. The molecule has 0 aliphatic carbocycles. The average molecular weight is 430 g/mol. The van der Waals surface area contributed by atoms with Gasteiger partial charge in [-0.15, -0.1) is 0 Å². The summed E-state index contributed by atoms with van der Waals surface area (Å²) in [5, 5.41) is 5.38. The summed E-state index contributed by atoms with van der Waals surface area (Å²) >= 11 is 18.6. The number of ether oxygens (including phenoxy) is 1. The van der Waals surface area contributed by atoms with Crippen LogP contribution in [0.1, 0.15) is 31.4 Å². The number of benzene rings is 2. The van der Waals surface area contributed by atoms with Gasteiger partial charge in [0.2, 0.25) is 0 Å². The fourth-order valence-corrected chi connectivity index (χ4v) is 3.54. The molecule has 0 aromatic heterocycles. The molecule has 0 radical (unpaired) electrons. The van der Waals surface area contributed by atoms with Crippen LogP contribution in [0, 0.1) is 0 Å². The second kappa shape index (κ2) is 11.8. The highest BCUT2D eigenvalue weighted by Gasteiger charge is 2.09. The van der Waals surface area contributed by atoms with E-state index in [2.05, 4.69) is 24.1 Å². The third-order valence-electron chi connectivity index (χ3n) is 4.49. The Morgan fingerprint density at radius 2 is 1.70 bits per heavy atom. The van der Waals surface area contributed by atoms with E-state index in [1.165, 1.54) is 0 Å². The average Bonchev–Trinajstić information content (AvgIpc) is 2.65. The SMILES string of the molecule is CCN(CC)CCCNCc1cc(Cl)ccc1OCc1c(Cl)cccc1Cl. The molecular formula is C21H27Cl3N2O. The zero-order valence-corrected chi connectivity index (χ0v) is 18.2. The molecule has 2 aromatic rings. The summed E-state index contributed by atoms with van der Waals surface area (Å²) in [6, 6.07) is 11.1. The van der Waals surface area contributed by atoms with Gasteiger partial charge in [-0.25, -0.2) is 0 Å². The lowest BCUT2D eigenvalue weighted by Gasteiger charge is -2.18. The van der Waals surface area contributed by atoms with Gasteiger partial charge in [0.25, 0.3) is 0 Å². The number of hydrogen-bond donors (Lipinski definition) is 1. The number of nitrogens with one attached hydrogen (secondary N) is 1. The molecule has 1 N–H and O–H groups in total. The van der Waals surface area contributed by atoms with Crippen molar-refractivity contribution in [3.63, 3.8) is 0 Å². The monoisotopic (exact) mass is 428 g/mol. The van der Waals surface area contributed by atoms with Crippen LogP contribution in [-0.4, -0.2) is 31.1 Å². The van der Waals surface area contributed by atoms with E-state index in [1.807, 2.05) is 36.4 Å². The standard InChI is InChI=1S/C21H27Cl3N2O/c1-3-26(4-2)12-6-11-25-14-16-13-17(22)9-10-21(16)27-15-18-19(23)7-5-8-20(18)24/h5,7-10,13,25H,3-4,6,11-12,14-15H2,1-2H3. The quantitative estimate of drug-likeness (QED) is 0.440. The Kier molecular flexibility index (Phi) is 9.74. The molecule has 148 valence electrons. The van der Waals surface area contributed by atoms with Gasteiger partial charge in [0.1, 0.15) is 12.4 Å². The third-order valence-corrected chi connectivity index (χ3v) is 5.44. The zero-order chi connectivity index (χ0) is 19.6. The van der Waals surface area contributed by atoms with Gasteiger partial charge in [-0.05, 0) is 62.9 Å². The molecule has 0 aliphatic rings. The molecule has 0 bridgehead atoms. The summed E-state index contributed by atoms with van der Waals surface area (Å²) in [5.74, 6) is 0.784. The van der Waals surface area contributed by atoms with Gasteiger partial charge < -0.3 is 15.0 Å². The molecule has 0 saturated heterocycles. The van der Waals surface area contributed by atoms with Crippen molar-refractivity contribution in [2.45, 2.75) is 33.4 Å². The van der Waals surface area contributed by atoms with Crippen molar-refractivity contribution in [1.29, 1.82) is 0 Å². The summed E-state index contributed by atoms with van der Waals surface area (Å²) in [7, 11) is 0. The summed E-state index contributed by atoms with van der Waals surface area (Å²) in [6.07, 6.45) is 1.10. The van der Waals surface area contributed by atoms with Crippen LogP contribution < -0.4 is 10.1 Å². The van der Waals surface area contributed by atoms with Crippen LogP contribution in [0.15, 0.2) is 36.4 Å². The van der Waals surface area contributed by atoms with Crippen molar-refractivity contribution in [2.75, 3.05) is 26.2 Å². The van der Waals surface area contributed by atoms with E-state index >= 15 is 0 Å². The van der Waals surface area contributed by atoms with Crippen molar-refractivity contribution in [1.82, 2.24) is 10.2 Å². The van der Waals surface area contributed by atoms with Crippen LogP contribution in [0.4, 0.5) is 0 Å². The second-order valence-electron chi connectivity index (χ2n) is 6.30. The molecule has 6 heteroatoms. The highest BCUT2D eigenvalue weighted by atomic mass is 35.5. The van der Waals surface area contributed by atoms with Crippen molar-refractivity contribution in [3.8, 4) is 5.75 Å². The lowest BCUT2D eigenvalue weighted by molar-refractivity contribution is 0.295. The summed E-state index contributed by atoms with van der Waals surface area (Å²) < 4.78 is 5.99. The lowest BCUT2D eigenvalue weighted by atomic mass is 10.2. The maximum absolute atomic E-state index is 6.23.